The van der Waals surface area contributed by atoms with E-state index in [4.69, 9.17) is 0 Å². The molecule has 2 aliphatic rings. The Morgan fingerprint density at radius 3 is 1.65 bits per heavy atom. The van der Waals surface area contributed by atoms with Gasteiger partial charge in [-0.1, -0.05) is 24.3 Å². The van der Waals surface area contributed by atoms with Crippen LogP contribution in [0.25, 0.3) is 0 Å². The number of benzene rings is 2. The van der Waals surface area contributed by atoms with Gasteiger partial charge in [0.1, 0.15) is 11.6 Å². The van der Waals surface area contributed by atoms with Crippen LogP contribution in [-0.2, 0) is 0 Å². The van der Waals surface area contributed by atoms with Crippen LogP contribution in [0.1, 0.15) is 56.5 Å². The van der Waals surface area contributed by atoms with Crippen molar-refractivity contribution in [3.8, 4) is 0 Å². The first-order chi connectivity index (χ1) is 16.5. The fraction of sp³-hybridized carbons (Fsp3) is 0.296. The third kappa shape index (κ3) is 4.55. The monoisotopic (exact) mass is 461 g/mol. The number of aromatic nitrogens is 1. The van der Waals surface area contributed by atoms with Crippen LogP contribution in [0.5, 0.6) is 0 Å². The zero-order valence-corrected chi connectivity index (χ0v) is 18.7. The van der Waals surface area contributed by atoms with Gasteiger partial charge in [-0.3, -0.25) is 14.6 Å². The van der Waals surface area contributed by atoms with Crippen LogP contribution in [0.2, 0.25) is 0 Å². The van der Waals surface area contributed by atoms with E-state index in [1.54, 1.807) is 28.0 Å². The molecule has 2 unspecified atom stereocenters. The lowest BCUT2D eigenvalue weighted by Gasteiger charge is -2.19. The first kappa shape index (κ1) is 22.2. The molecule has 0 radical (unpaired) electrons. The highest BCUT2D eigenvalue weighted by molar-refractivity contribution is 5.99. The molecule has 2 fully saturated rings. The fourth-order valence-electron chi connectivity index (χ4n) is 4.99. The van der Waals surface area contributed by atoms with E-state index in [0.29, 0.717) is 37.3 Å². The number of hydrogen-bond donors (Lipinski definition) is 0. The van der Waals surface area contributed by atoms with E-state index in [2.05, 4.69) is 4.98 Å². The summed E-state index contributed by atoms with van der Waals surface area (Å²) >= 11 is 0. The van der Waals surface area contributed by atoms with Crippen LogP contribution < -0.4 is 0 Å². The van der Waals surface area contributed by atoms with Gasteiger partial charge in [0.15, 0.2) is 0 Å². The van der Waals surface area contributed by atoms with Crippen molar-refractivity contribution in [3.63, 3.8) is 0 Å². The zero-order valence-electron chi connectivity index (χ0n) is 18.7. The molecule has 34 heavy (non-hydrogen) atoms. The van der Waals surface area contributed by atoms with Crippen LogP contribution in [0, 0.1) is 11.6 Å². The minimum absolute atomic E-state index is 0.0850. The molecule has 0 aliphatic carbocycles. The molecule has 2 saturated heterocycles. The number of rotatable bonds is 4. The Morgan fingerprint density at radius 1 is 0.735 bits per heavy atom. The van der Waals surface area contributed by atoms with Crippen LogP contribution in [0.3, 0.4) is 0 Å². The van der Waals surface area contributed by atoms with Gasteiger partial charge in [-0.2, -0.15) is 0 Å². The van der Waals surface area contributed by atoms with Crippen molar-refractivity contribution in [2.75, 3.05) is 26.2 Å². The lowest BCUT2D eigenvalue weighted by molar-refractivity contribution is 0.0788. The molecule has 5 nitrogen and oxygen atoms in total. The number of hydrogen-bond acceptors (Lipinski definition) is 3. The Bertz CT molecular complexity index is 1140. The van der Waals surface area contributed by atoms with Gasteiger partial charge in [0.25, 0.3) is 11.8 Å². The normalized spacial score (nSPS) is 20.1. The van der Waals surface area contributed by atoms with Crippen molar-refractivity contribution >= 4 is 11.8 Å². The molecule has 1 aromatic heterocycles. The molecule has 2 aliphatic heterocycles. The maximum absolute atomic E-state index is 13.6. The molecular formula is C27H25F2N3O2. The van der Waals surface area contributed by atoms with Crippen LogP contribution in [0.15, 0.2) is 67.0 Å². The van der Waals surface area contributed by atoms with E-state index in [-0.39, 0.29) is 35.3 Å². The largest absolute Gasteiger partial charge is 0.338 e. The molecule has 0 bridgehead atoms. The van der Waals surface area contributed by atoms with E-state index >= 15 is 0 Å². The SMILES string of the molecule is O=C(c1cncc(C(=O)N2CCC(c3cccc(F)c3)C2)c1)N1CCC(c2cccc(F)c2)C1. The summed E-state index contributed by atoms with van der Waals surface area (Å²) in [5.41, 5.74) is 2.51. The Morgan fingerprint density at radius 2 is 1.21 bits per heavy atom. The van der Waals surface area contributed by atoms with E-state index in [1.807, 2.05) is 12.1 Å². The Balaban J connectivity index is 1.25. The maximum Gasteiger partial charge on any atom is 0.255 e. The summed E-state index contributed by atoms with van der Waals surface area (Å²) in [6.45, 7) is 2.14. The number of likely N-dealkylation sites (tertiary alicyclic amines) is 2. The summed E-state index contributed by atoms with van der Waals surface area (Å²) in [7, 11) is 0. The van der Waals surface area contributed by atoms with Gasteiger partial charge >= 0.3 is 0 Å². The standard InChI is InChI=1S/C27H25F2N3O2/c28-24-5-1-3-18(12-24)20-7-9-31(16-20)26(33)22-11-23(15-30-14-22)27(34)32-10-8-21(17-32)19-4-2-6-25(29)13-19/h1-6,11-15,20-21H,7-10,16-17H2. The Labute approximate surface area is 197 Å². The van der Waals surface area contributed by atoms with E-state index in [1.165, 1.54) is 36.7 Å². The van der Waals surface area contributed by atoms with Crippen LogP contribution in [0.4, 0.5) is 8.78 Å². The van der Waals surface area contributed by atoms with Crippen molar-refractivity contribution in [1.82, 2.24) is 14.8 Å². The first-order valence-corrected chi connectivity index (χ1v) is 11.5. The molecule has 3 heterocycles. The van der Waals surface area contributed by atoms with Gasteiger partial charge < -0.3 is 9.80 Å². The number of pyridine rings is 1. The molecule has 0 N–H and O–H groups in total. The van der Waals surface area contributed by atoms with Gasteiger partial charge in [0, 0.05) is 50.4 Å². The van der Waals surface area contributed by atoms with E-state index < -0.39 is 0 Å². The van der Waals surface area contributed by atoms with Gasteiger partial charge in [-0.05, 0) is 54.3 Å². The van der Waals surface area contributed by atoms with Crippen molar-refractivity contribution in [3.05, 3.63) is 101 Å². The third-order valence-electron chi connectivity index (χ3n) is 6.82. The summed E-state index contributed by atoms with van der Waals surface area (Å²) < 4.78 is 27.2. The van der Waals surface area contributed by atoms with Crippen molar-refractivity contribution < 1.29 is 18.4 Å². The van der Waals surface area contributed by atoms with E-state index in [9.17, 15) is 18.4 Å². The second-order valence-corrected chi connectivity index (χ2v) is 9.05. The molecule has 2 atom stereocenters. The molecule has 0 saturated carbocycles. The molecule has 7 heteroatoms. The van der Waals surface area contributed by atoms with Gasteiger partial charge in [0.05, 0.1) is 11.1 Å². The molecular weight excluding hydrogens is 436 g/mol. The molecule has 2 amide bonds. The number of halogens is 2. The van der Waals surface area contributed by atoms with Crippen molar-refractivity contribution in [1.29, 1.82) is 0 Å². The highest BCUT2D eigenvalue weighted by Gasteiger charge is 2.31. The molecule has 3 aromatic rings. The van der Waals surface area contributed by atoms with Crippen LogP contribution in [-0.4, -0.2) is 52.8 Å². The minimum Gasteiger partial charge on any atom is -0.338 e. The average Bonchev–Trinajstić information content (AvgIpc) is 3.54. The number of carbonyl (C=O) groups excluding carboxylic acids is 2. The smallest absolute Gasteiger partial charge is 0.255 e. The quantitative estimate of drug-likeness (QED) is 0.570. The molecule has 174 valence electrons. The summed E-state index contributed by atoms with van der Waals surface area (Å²) in [4.78, 5) is 33.8. The van der Waals surface area contributed by atoms with Gasteiger partial charge in [-0.15, -0.1) is 0 Å². The third-order valence-corrected chi connectivity index (χ3v) is 6.82. The zero-order chi connectivity index (χ0) is 23.7. The number of carbonyl (C=O) groups is 2. The second kappa shape index (κ2) is 9.33. The summed E-state index contributed by atoms with van der Waals surface area (Å²) in [6.07, 6.45) is 4.48. The highest BCUT2D eigenvalue weighted by atomic mass is 19.1. The van der Waals surface area contributed by atoms with Gasteiger partial charge in [0.2, 0.25) is 0 Å². The lowest BCUT2D eigenvalue weighted by atomic mass is 9.98. The second-order valence-electron chi connectivity index (χ2n) is 9.05. The fourth-order valence-corrected chi connectivity index (χ4v) is 4.99. The van der Waals surface area contributed by atoms with E-state index in [0.717, 1.165) is 24.0 Å². The van der Waals surface area contributed by atoms with Gasteiger partial charge in [-0.25, -0.2) is 8.78 Å². The van der Waals surface area contributed by atoms with Crippen LogP contribution >= 0.6 is 0 Å². The lowest BCUT2D eigenvalue weighted by Crippen LogP contribution is -2.30. The predicted octanol–water partition coefficient (Wildman–Crippen LogP) is 4.62. The Kier molecular flexibility index (Phi) is 6.09. The Hall–Kier alpha value is -3.61. The summed E-state index contributed by atoms with van der Waals surface area (Å²) in [6, 6.07) is 14.6. The maximum atomic E-state index is 13.6. The van der Waals surface area contributed by atoms with Crippen molar-refractivity contribution in [2.45, 2.75) is 24.7 Å². The first-order valence-electron chi connectivity index (χ1n) is 11.5. The number of amides is 2. The summed E-state index contributed by atoms with van der Waals surface area (Å²) in [5.74, 6) is -0.748. The predicted molar refractivity (Wildman–Crippen MR) is 124 cm³/mol. The molecule has 2 aromatic carbocycles. The molecule has 0 spiro atoms. The average molecular weight is 462 g/mol. The molecule has 5 rings (SSSR count). The minimum atomic E-state index is -0.278. The number of nitrogens with zero attached hydrogens (tertiary/aromatic N) is 3. The summed E-state index contributed by atoms with van der Waals surface area (Å²) in [5, 5.41) is 0. The van der Waals surface area contributed by atoms with Crippen molar-refractivity contribution in [2.24, 2.45) is 0 Å². The topological polar surface area (TPSA) is 53.5 Å². The highest BCUT2D eigenvalue weighted by Crippen LogP contribution is 2.30.